The second-order valence-corrected chi connectivity index (χ2v) is 19.8. The number of nitrogens with zero attached hydrogens (tertiary/aromatic N) is 2. The van der Waals surface area contributed by atoms with Gasteiger partial charge in [-0.3, -0.25) is 18.5 Å². The van der Waals surface area contributed by atoms with Gasteiger partial charge >= 0.3 is 7.40 Å². The zero-order valence-electron chi connectivity index (χ0n) is 37.7. The number of hydrogen-bond donors (Lipinski definition) is 0. The van der Waals surface area contributed by atoms with E-state index in [1.165, 1.54) is 39.0 Å². The Morgan fingerprint density at radius 1 is 0.545 bits per heavy atom. The smallest absolute Gasteiger partial charge is 0.293 e. The number of rotatable bonds is 9. The first kappa shape index (κ1) is 45.5. The highest BCUT2D eigenvalue weighted by Crippen LogP contribution is 2.42. The van der Waals surface area contributed by atoms with Gasteiger partial charge in [-0.2, -0.15) is 0 Å². The lowest BCUT2D eigenvalue weighted by Gasteiger charge is -2.28. The van der Waals surface area contributed by atoms with Crippen LogP contribution in [0, 0.1) is 5.92 Å². The summed E-state index contributed by atoms with van der Waals surface area (Å²) >= 11 is 0. The molecule has 296 valence electrons. The molecule has 0 saturated carbocycles. The zero-order valence-corrected chi connectivity index (χ0v) is 37.7. The van der Waals surface area contributed by atoms with Gasteiger partial charge in [0.15, 0.2) is 0 Å². The normalized spacial score (nSPS) is 15.3. The maximum Gasteiger partial charge on any atom is 0.692 e. The van der Waals surface area contributed by atoms with Crippen LogP contribution < -0.4 is 0 Å². The van der Waals surface area contributed by atoms with E-state index in [4.69, 9.17) is 0 Å². The van der Waals surface area contributed by atoms with Gasteiger partial charge in [-0.15, -0.1) is 0 Å². The Morgan fingerprint density at radius 3 is 1.24 bits per heavy atom. The third-order valence-corrected chi connectivity index (χ3v) is 10.9. The second kappa shape index (κ2) is 17.1. The minimum Gasteiger partial charge on any atom is -0.293 e. The molecular weight excluding hydrogens is 677 g/mol. The SMILES string of the molecule is C/N=C(C)/C=C(/C)C(C)/C(=C(C)/C(C)=C\C(C)=N\B(F)F)c1cc(-c2cc(C(C)(C)C)cc(C(C)(C)C)c2)cc(-c2cc(C(C)(C)C)cc(C(C)(C)C)c2)c1. The van der Waals surface area contributed by atoms with E-state index >= 15 is 0 Å². The van der Waals surface area contributed by atoms with Crippen molar-refractivity contribution in [2.24, 2.45) is 15.8 Å². The third kappa shape index (κ3) is 12.1. The van der Waals surface area contributed by atoms with Gasteiger partial charge in [0.25, 0.3) is 0 Å². The quantitative estimate of drug-likeness (QED) is 0.118. The van der Waals surface area contributed by atoms with E-state index in [1.54, 1.807) is 13.0 Å². The fourth-order valence-electron chi connectivity index (χ4n) is 6.80. The van der Waals surface area contributed by atoms with E-state index in [0.717, 1.165) is 39.1 Å². The fourth-order valence-corrected chi connectivity index (χ4v) is 6.80. The first-order valence-electron chi connectivity index (χ1n) is 19.8. The summed E-state index contributed by atoms with van der Waals surface area (Å²) in [7, 11) is -0.939. The molecule has 3 aromatic carbocycles. The van der Waals surface area contributed by atoms with Crippen LogP contribution in [-0.2, 0) is 21.7 Å². The third-order valence-electron chi connectivity index (χ3n) is 10.9. The van der Waals surface area contributed by atoms with Crippen molar-refractivity contribution in [1.29, 1.82) is 0 Å². The molecule has 0 aromatic heterocycles. The van der Waals surface area contributed by atoms with E-state index in [0.29, 0.717) is 5.71 Å². The molecule has 0 spiro atoms. The van der Waals surface area contributed by atoms with Gasteiger partial charge in [-0.1, -0.05) is 132 Å². The van der Waals surface area contributed by atoms with Crippen LogP contribution in [0.2, 0.25) is 0 Å². The van der Waals surface area contributed by atoms with Crippen LogP contribution in [0.25, 0.3) is 27.8 Å². The molecule has 3 rings (SSSR count). The molecular formula is C50H69BF2N2. The van der Waals surface area contributed by atoms with Gasteiger partial charge in [0.1, 0.15) is 0 Å². The molecule has 1 atom stereocenters. The average Bonchev–Trinajstić information content (AvgIpc) is 3.05. The molecule has 0 N–H and O–H groups in total. The van der Waals surface area contributed by atoms with Crippen molar-refractivity contribution < 1.29 is 8.63 Å². The summed E-state index contributed by atoms with van der Waals surface area (Å²) in [6.45, 7) is 39.5. The number of benzene rings is 3. The lowest BCUT2D eigenvalue weighted by molar-refractivity contribution is 0.568. The van der Waals surface area contributed by atoms with Crippen LogP contribution in [0.1, 0.15) is 152 Å². The summed E-state index contributed by atoms with van der Waals surface area (Å²) in [5.41, 5.74) is 16.3. The molecule has 2 nitrogen and oxygen atoms in total. The standard InChI is InChI=1S/C50H69BF2N2/c1-31(20-33(3)54-19)35(5)46(36(6)32(2)21-34(4)55-51(52)53)41-23-37(39-25-42(47(7,8)9)29-43(26-39)48(10,11)12)22-38(24-41)40-27-44(49(13,14)15)30-45(28-40)50(16,17)18/h20-30,35H,1-19H3/b31-20-,32-21-,46-36-,54-33+,55-34+. The molecule has 0 aliphatic rings. The highest BCUT2D eigenvalue weighted by Gasteiger charge is 2.25. The van der Waals surface area contributed by atoms with Crippen LogP contribution in [0.5, 0.6) is 0 Å². The fraction of sp³-hybridized carbons (Fsp3) is 0.480. The van der Waals surface area contributed by atoms with Crippen LogP contribution in [-0.4, -0.2) is 25.9 Å². The van der Waals surface area contributed by atoms with Gasteiger partial charge in [-0.05, 0) is 153 Å². The van der Waals surface area contributed by atoms with Gasteiger partial charge in [0.05, 0.1) is 0 Å². The van der Waals surface area contributed by atoms with Gasteiger partial charge in [0, 0.05) is 24.4 Å². The highest BCUT2D eigenvalue weighted by atomic mass is 19.2. The Balaban J connectivity index is 2.67. The van der Waals surface area contributed by atoms with E-state index in [2.05, 4.69) is 174 Å². The molecule has 55 heavy (non-hydrogen) atoms. The molecule has 0 aliphatic carbocycles. The molecule has 5 heteroatoms. The van der Waals surface area contributed by atoms with Crippen LogP contribution in [0.4, 0.5) is 8.63 Å². The molecule has 0 saturated heterocycles. The lowest BCUT2D eigenvalue weighted by atomic mass is 9.77. The van der Waals surface area contributed by atoms with E-state index in [-0.39, 0.29) is 27.6 Å². The largest absolute Gasteiger partial charge is 0.692 e. The van der Waals surface area contributed by atoms with E-state index in [9.17, 15) is 8.63 Å². The lowest BCUT2D eigenvalue weighted by Crippen LogP contribution is -2.16. The van der Waals surface area contributed by atoms with Crippen molar-refractivity contribution in [2.45, 2.75) is 146 Å². The molecule has 0 aliphatic heterocycles. The maximum absolute atomic E-state index is 13.3. The van der Waals surface area contributed by atoms with Crippen molar-refractivity contribution in [3.63, 3.8) is 0 Å². The molecule has 1 unspecified atom stereocenters. The molecule has 0 amide bonds. The monoisotopic (exact) mass is 747 g/mol. The predicted molar refractivity (Wildman–Crippen MR) is 241 cm³/mol. The first-order valence-corrected chi connectivity index (χ1v) is 19.8. The first-order chi connectivity index (χ1) is 25.0. The Hall–Kier alpha value is -3.86. The average molecular weight is 747 g/mol. The van der Waals surface area contributed by atoms with Crippen molar-refractivity contribution in [1.82, 2.24) is 0 Å². The summed E-state index contributed by atoms with van der Waals surface area (Å²) in [5, 5.41) is 0. The Kier molecular flexibility index (Phi) is 14.2. The molecule has 3 aromatic rings. The minimum absolute atomic E-state index is 0.00687. The van der Waals surface area contributed by atoms with Crippen molar-refractivity contribution >= 4 is 24.4 Å². The number of allylic oxidation sites excluding steroid dienone is 6. The van der Waals surface area contributed by atoms with Gasteiger partial charge in [0.2, 0.25) is 0 Å². The van der Waals surface area contributed by atoms with E-state index in [1.807, 2.05) is 20.9 Å². The Labute approximate surface area is 334 Å². The van der Waals surface area contributed by atoms with Gasteiger partial charge in [-0.25, -0.2) is 0 Å². The predicted octanol–water partition coefficient (Wildman–Crippen LogP) is 15.0. The van der Waals surface area contributed by atoms with Crippen LogP contribution >= 0.6 is 0 Å². The summed E-state index contributed by atoms with van der Waals surface area (Å²) in [5.74, 6) is -0.00687. The molecule has 0 heterocycles. The zero-order chi connectivity index (χ0) is 42.0. The number of aliphatic imine (C=N–C) groups is 1. The summed E-state index contributed by atoms with van der Waals surface area (Å²) in [6.07, 6.45) is 3.93. The van der Waals surface area contributed by atoms with Crippen molar-refractivity contribution in [3.05, 3.63) is 111 Å². The Bertz CT molecular complexity index is 1870. The topological polar surface area (TPSA) is 24.7 Å². The van der Waals surface area contributed by atoms with E-state index < -0.39 is 7.40 Å². The molecule has 0 bridgehead atoms. The minimum atomic E-state index is -2.75. The number of hydrogen-bond acceptors (Lipinski definition) is 2. The van der Waals surface area contributed by atoms with Gasteiger partial charge < -0.3 is 0 Å². The highest BCUT2D eigenvalue weighted by molar-refractivity contribution is 6.43. The van der Waals surface area contributed by atoms with Crippen molar-refractivity contribution in [3.8, 4) is 22.3 Å². The number of halogens is 2. The summed E-state index contributed by atoms with van der Waals surface area (Å²) in [6, 6.07) is 21.3. The Morgan fingerprint density at radius 2 is 0.909 bits per heavy atom. The summed E-state index contributed by atoms with van der Waals surface area (Å²) in [4.78, 5) is 7.97. The van der Waals surface area contributed by atoms with Crippen molar-refractivity contribution in [2.75, 3.05) is 7.05 Å². The molecule has 0 fully saturated rings. The second-order valence-electron chi connectivity index (χ2n) is 19.8. The summed E-state index contributed by atoms with van der Waals surface area (Å²) < 4.78 is 26.6. The molecule has 0 radical (unpaired) electrons. The maximum atomic E-state index is 13.3. The van der Waals surface area contributed by atoms with Crippen LogP contribution in [0.3, 0.4) is 0 Å². The van der Waals surface area contributed by atoms with Crippen LogP contribution in [0.15, 0.2) is 93.4 Å².